The summed E-state index contributed by atoms with van der Waals surface area (Å²) in [5.74, 6) is 0.178. The molecular weight excluding hydrogens is 438 g/mol. The minimum absolute atomic E-state index is 0. The molecule has 8 heteroatoms. The number of guanidine groups is 1. The third kappa shape index (κ3) is 9.47. The van der Waals surface area contributed by atoms with E-state index in [2.05, 4.69) is 20.9 Å². The Labute approximate surface area is 166 Å². The molecule has 0 bridgehead atoms. The Bertz CT molecular complexity index is 589. The molecule has 0 saturated carbocycles. The lowest BCUT2D eigenvalue weighted by Crippen LogP contribution is -2.48. The molecule has 1 rings (SSSR count). The average molecular weight is 466 g/mol. The molecule has 0 atom stereocenters. The first kappa shape index (κ1) is 23.4. The van der Waals surface area contributed by atoms with Gasteiger partial charge in [-0.2, -0.15) is 0 Å². The summed E-state index contributed by atoms with van der Waals surface area (Å²) >= 11 is 0. The lowest BCUT2D eigenvalue weighted by Gasteiger charge is -2.21. The number of hydrogen-bond acceptors (Lipinski definition) is 3. The summed E-state index contributed by atoms with van der Waals surface area (Å²) in [6.45, 7) is 8.45. The zero-order valence-corrected chi connectivity index (χ0v) is 17.7. The molecule has 1 amide bonds. The number of halogens is 2. The molecule has 3 N–H and O–H groups in total. The summed E-state index contributed by atoms with van der Waals surface area (Å²) in [5.41, 5.74) is 0.466. The third-order valence-electron chi connectivity index (χ3n) is 2.91. The SMILES string of the molecule is CCOc1ccc(CNC(=NC)NCC(=O)NC(C)(C)C)cc1F.I. The molecule has 25 heavy (non-hydrogen) atoms. The fraction of sp³-hybridized carbons (Fsp3) is 0.529. The van der Waals surface area contributed by atoms with E-state index in [4.69, 9.17) is 4.74 Å². The second-order valence-corrected chi connectivity index (χ2v) is 6.28. The van der Waals surface area contributed by atoms with Crippen molar-refractivity contribution in [1.82, 2.24) is 16.0 Å². The normalized spacial score (nSPS) is 11.4. The Balaban J connectivity index is 0.00000576. The van der Waals surface area contributed by atoms with Gasteiger partial charge in [0, 0.05) is 19.1 Å². The molecule has 0 aliphatic heterocycles. The molecule has 0 spiro atoms. The maximum absolute atomic E-state index is 13.8. The fourth-order valence-corrected chi connectivity index (χ4v) is 1.96. The van der Waals surface area contributed by atoms with Gasteiger partial charge in [0.1, 0.15) is 0 Å². The van der Waals surface area contributed by atoms with E-state index < -0.39 is 5.82 Å². The Morgan fingerprint density at radius 3 is 2.48 bits per heavy atom. The Morgan fingerprint density at radius 1 is 1.28 bits per heavy atom. The molecule has 0 aromatic heterocycles. The van der Waals surface area contributed by atoms with Crippen molar-refractivity contribution in [3.05, 3.63) is 29.6 Å². The molecule has 0 aliphatic carbocycles. The summed E-state index contributed by atoms with van der Waals surface area (Å²) in [4.78, 5) is 15.8. The quantitative estimate of drug-likeness (QED) is 0.342. The largest absolute Gasteiger partial charge is 0.491 e. The van der Waals surface area contributed by atoms with E-state index in [-0.39, 0.29) is 47.7 Å². The van der Waals surface area contributed by atoms with Crippen LogP contribution in [0.5, 0.6) is 5.75 Å². The monoisotopic (exact) mass is 466 g/mol. The van der Waals surface area contributed by atoms with Crippen LogP contribution in [0.25, 0.3) is 0 Å². The number of aliphatic imine (C=N–C) groups is 1. The van der Waals surface area contributed by atoms with Gasteiger partial charge in [0.15, 0.2) is 17.5 Å². The molecule has 0 unspecified atom stereocenters. The smallest absolute Gasteiger partial charge is 0.239 e. The van der Waals surface area contributed by atoms with Crippen LogP contribution in [0, 0.1) is 5.82 Å². The van der Waals surface area contributed by atoms with E-state index in [0.29, 0.717) is 19.1 Å². The molecular formula is C17H28FIN4O2. The average Bonchev–Trinajstić information content (AvgIpc) is 2.48. The molecule has 1 aromatic carbocycles. The van der Waals surface area contributed by atoms with Gasteiger partial charge >= 0.3 is 0 Å². The number of carbonyl (C=O) groups is 1. The minimum Gasteiger partial charge on any atom is -0.491 e. The minimum atomic E-state index is -0.399. The fourth-order valence-electron chi connectivity index (χ4n) is 1.96. The van der Waals surface area contributed by atoms with Gasteiger partial charge in [-0.25, -0.2) is 4.39 Å². The van der Waals surface area contributed by atoms with Crippen molar-refractivity contribution < 1.29 is 13.9 Å². The van der Waals surface area contributed by atoms with Crippen molar-refractivity contribution in [3.8, 4) is 5.75 Å². The number of ether oxygens (including phenoxy) is 1. The number of nitrogens with one attached hydrogen (secondary N) is 3. The number of hydrogen-bond donors (Lipinski definition) is 3. The van der Waals surface area contributed by atoms with Crippen molar-refractivity contribution in [1.29, 1.82) is 0 Å². The Morgan fingerprint density at radius 2 is 1.96 bits per heavy atom. The topological polar surface area (TPSA) is 74.8 Å². The summed E-state index contributed by atoms with van der Waals surface area (Å²) in [7, 11) is 1.61. The van der Waals surface area contributed by atoms with Crippen LogP contribution in [0.15, 0.2) is 23.2 Å². The van der Waals surface area contributed by atoms with Crippen molar-refractivity contribution in [2.24, 2.45) is 4.99 Å². The molecule has 1 aromatic rings. The van der Waals surface area contributed by atoms with E-state index in [9.17, 15) is 9.18 Å². The maximum atomic E-state index is 13.8. The van der Waals surface area contributed by atoms with Crippen molar-refractivity contribution in [2.75, 3.05) is 20.2 Å². The number of nitrogens with zero attached hydrogens (tertiary/aromatic N) is 1. The second kappa shape index (κ2) is 11.1. The summed E-state index contributed by atoms with van der Waals surface area (Å²) < 4.78 is 19.0. The third-order valence-corrected chi connectivity index (χ3v) is 2.91. The standard InChI is InChI=1S/C17H27FN4O2.HI/c1-6-24-14-8-7-12(9-13(14)18)10-20-16(19-5)21-11-15(23)22-17(2,3)4;/h7-9H,6,10-11H2,1-5H3,(H,22,23)(H2,19,20,21);1H. The van der Waals surface area contributed by atoms with E-state index >= 15 is 0 Å². The zero-order valence-electron chi connectivity index (χ0n) is 15.4. The van der Waals surface area contributed by atoms with Crippen LogP contribution in [0.2, 0.25) is 0 Å². The molecule has 0 fully saturated rings. The first-order chi connectivity index (χ1) is 11.2. The van der Waals surface area contributed by atoms with Crippen molar-refractivity contribution >= 4 is 35.8 Å². The highest BCUT2D eigenvalue weighted by molar-refractivity contribution is 14.0. The maximum Gasteiger partial charge on any atom is 0.239 e. The van der Waals surface area contributed by atoms with E-state index in [1.807, 2.05) is 20.8 Å². The second-order valence-electron chi connectivity index (χ2n) is 6.28. The number of rotatable bonds is 6. The van der Waals surface area contributed by atoms with Crippen molar-refractivity contribution in [3.63, 3.8) is 0 Å². The van der Waals surface area contributed by atoms with Crippen LogP contribution in [0.3, 0.4) is 0 Å². The molecule has 0 heterocycles. The highest BCUT2D eigenvalue weighted by atomic mass is 127. The zero-order chi connectivity index (χ0) is 18.2. The molecule has 142 valence electrons. The molecule has 0 saturated heterocycles. The predicted molar refractivity (Wildman–Crippen MR) is 109 cm³/mol. The van der Waals surface area contributed by atoms with Crippen LogP contribution >= 0.6 is 24.0 Å². The van der Waals surface area contributed by atoms with E-state index in [1.54, 1.807) is 26.1 Å². The summed E-state index contributed by atoms with van der Waals surface area (Å²) in [6.07, 6.45) is 0. The van der Waals surface area contributed by atoms with Crippen LogP contribution in [0.1, 0.15) is 33.3 Å². The van der Waals surface area contributed by atoms with Crippen LogP contribution in [0.4, 0.5) is 4.39 Å². The first-order valence-electron chi connectivity index (χ1n) is 7.92. The number of benzene rings is 1. The molecule has 6 nitrogen and oxygen atoms in total. The highest BCUT2D eigenvalue weighted by Crippen LogP contribution is 2.18. The van der Waals surface area contributed by atoms with Gasteiger partial charge in [-0.1, -0.05) is 6.07 Å². The van der Waals surface area contributed by atoms with Gasteiger partial charge in [-0.3, -0.25) is 9.79 Å². The lowest BCUT2D eigenvalue weighted by molar-refractivity contribution is -0.121. The molecule has 0 radical (unpaired) electrons. The summed E-state index contributed by atoms with van der Waals surface area (Å²) in [5, 5.41) is 8.80. The Kier molecular flexibility index (Phi) is 10.4. The van der Waals surface area contributed by atoms with Gasteiger partial charge in [0.2, 0.25) is 5.91 Å². The summed E-state index contributed by atoms with van der Waals surface area (Å²) in [6, 6.07) is 4.79. The molecule has 0 aliphatic rings. The highest BCUT2D eigenvalue weighted by Gasteiger charge is 2.13. The Hall–Kier alpha value is -1.58. The van der Waals surface area contributed by atoms with Crippen LogP contribution in [-0.2, 0) is 11.3 Å². The van der Waals surface area contributed by atoms with Gasteiger partial charge in [0.05, 0.1) is 13.2 Å². The van der Waals surface area contributed by atoms with Crippen LogP contribution in [-0.4, -0.2) is 37.6 Å². The number of carbonyl (C=O) groups excluding carboxylic acids is 1. The van der Waals surface area contributed by atoms with Gasteiger partial charge in [-0.15, -0.1) is 24.0 Å². The lowest BCUT2D eigenvalue weighted by atomic mass is 10.1. The van der Waals surface area contributed by atoms with Gasteiger partial charge in [0.25, 0.3) is 0 Å². The van der Waals surface area contributed by atoms with Crippen molar-refractivity contribution in [2.45, 2.75) is 39.8 Å². The first-order valence-corrected chi connectivity index (χ1v) is 7.92. The van der Waals surface area contributed by atoms with Gasteiger partial charge in [-0.05, 0) is 45.4 Å². The van der Waals surface area contributed by atoms with Gasteiger partial charge < -0.3 is 20.7 Å². The van der Waals surface area contributed by atoms with E-state index in [1.165, 1.54) is 6.07 Å². The van der Waals surface area contributed by atoms with E-state index in [0.717, 1.165) is 5.56 Å². The predicted octanol–water partition coefficient (Wildman–Crippen LogP) is 2.42. The van der Waals surface area contributed by atoms with Crippen LogP contribution < -0.4 is 20.7 Å². The number of amides is 1.